The van der Waals surface area contributed by atoms with E-state index >= 15 is 0 Å². The number of hydrogen-bond acceptors (Lipinski definition) is 1. The molecule has 88 valence electrons. The lowest BCUT2D eigenvalue weighted by Crippen LogP contribution is -2.03. The number of halogens is 2. The lowest BCUT2D eigenvalue weighted by Gasteiger charge is -2.11. The number of carbonyl (C=O) groups excluding carboxylic acids is 1. The molecule has 0 N–H and O–H groups in total. The molecule has 1 nitrogen and oxygen atoms in total. The van der Waals surface area contributed by atoms with Gasteiger partial charge in [-0.25, -0.2) is 0 Å². The molecule has 3 heteroatoms. The van der Waals surface area contributed by atoms with E-state index in [1.165, 1.54) is 5.56 Å². The summed E-state index contributed by atoms with van der Waals surface area (Å²) < 4.78 is 0. The molecule has 1 unspecified atom stereocenters. The summed E-state index contributed by atoms with van der Waals surface area (Å²) in [4.78, 5) is 11.7. The second-order valence-corrected chi connectivity index (χ2v) is 5.04. The Morgan fingerprint density at radius 2 is 2.00 bits per heavy atom. The van der Waals surface area contributed by atoms with Crippen molar-refractivity contribution in [3.63, 3.8) is 0 Å². The zero-order valence-electron chi connectivity index (χ0n) is 9.41. The maximum Gasteiger partial charge on any atom is 0.173 e. The zero-order valence-corrected chi connectivity index (χ0v) is 11.8. The Balaban J connectivity index is 2.32. The molecule has 0 radical (unpaired) electrons. The number of hydrogen-bond donors (Lipinski definition) is 0. The first-order valence-corrected chi connectivity index (χ1v) is 6.87. The van der Waals surface area contributed by atoms with Gasteiger partial charge in [0.15, 0.2) is 5.78 Å². The summed E-state index contributed by atoms with van der Waals surface area (Å²) in [6, 6.07) is 7.76. The standard InChI is InChI=1S/C14H12BrClO/c1-9-12(6-7-13(9)14(17)8-15)10-2-4-11(16)5-3-10/h2-7,12H,8H2,1H3. The van der Waals surface area contributed by atoms with Gasteiger partial charge in [-0.15, -0.1) is 0 Å². The lowest BCUT2D eigenvalue weighted by atomic mass is 9.93. The number of benzene rings is 1. The van der Waals surface area contributed by atoms with Crippen molar-refractivity contribution in [1.82, 2.24) is 0 Å². The number of Topliss-reactive ketones (excluding diaryl/α,β-unsaturated/α-hetero) is 1. The molecule has 0 spiro atoms. The van der Waals surface area contributed by atoms with E-state index in [0.29, 0.717) is 5.33 Å². The monoisotopic (exact) mass is 310 g/mol. The number of ketones is 1. The van der Waals surface area contributed by atoms with E-state index in [1.807, 2.05) is 37.3 Å². The Bertz CT molecular complexity index is 499. The maximum absolute atomic E-state index is 11.7. The largest absolute Gasteiger partial charge is 0.293 e. The highest BCUT2D eigenvalue weighted by molar-refractivity contribution is 9.09. The molecule has 1 aliphatic carbocycles. The van der Waals surface area contributed by atoms with Crippen LogP contribution in [0.2, 0.25) is 5.02 Å². The van der Waals surface area contributed by atoms with Crippen molar-refractivity contribution in [3.8, 4) is 0 Å². The molecule has 0 fully saturated rings. The summed E-state index contributed by atoms with van der Waals surface area (Å²) in [6.45, 7) is 2.01. The van der Waals surface area contributed by atoms with Crippen LogP contribution in [0.4, 0.5) is 0 Å². The third-order valence-corrected chi connectivity index (χ3v) is 3.76. The molecule has 0 saturated heterocycles. The van der Waals surface area contributed by atoms with E-state index in [9.17, 15) is 4.79 Å². The fraction of sp³-hybridized carbons (Fsp3) is 0.214. The van der Waals surface area contributed by atoms with Gasteiger partial charge in [-0.2, -0.15) is 0 Å². The molecule has 17 heavy (non-hydrogen) atoms. The van der Waals surface area contributed by atoms with E-state index in [-0.39, 0.29) is 11.7 Å². The van der Waals surface area contributed by atoms with Gasteiger partial charge < -0.3 is 0 Å². The van der Waals surface area contributed by atoms with Crippen LogP contribution in [0.3, 0.4) is 0 Å². The summed E-state index contributed by atoms with van der Waals surface area (Å²) in [5.74, 6) is 0.334. The first-order valence-electron chi connectivity index (χ1n) is 5.37. The van der Waals surface area contributed by atoms with Gasteiger partial charge in [0.25, 0.3) is 0 Å². The lowest BCUT2D eigenvalue weighted by molar-refractivity contribution is -0.112. The second kappa shape index (κ2) is 5.19. The summed E-state index contributed by atoms with van der Waals surface area (Å²) >= 11 is 9.07. The normalized spacial score (nSPS) is 18.9. The molecule has 1 aromatic rings. The van der Waals surface area contributed by atoms with E-state index in [2.05, 4.69) is 22.0 Å². The van der Waals surface area contributed by atoms with Crippen LogP contribution in [0, 0.1) is 0 Å². The maximum atomic E-state index is 11.7. The van der Waals surface area contributed by atoms with Crippen LogP contribution < -0.4 is 0 Å². The fourth-order valence-electron chi connectivity index (χ4n) is 2.05. The second-order valence-electron chi connectivity index (χ2n) is 4.04. The molecule has 0 aromatic heterocycles. The minimum Gasteiger partial charge on any atom is -0.293 e. The van der Waals surface area contributed by atoms with E-state index in [4.69, 9.17) is 11.6 Å². The zero-order chi connectivity index (χ0) is 12.4. The minimum absolute atomic E-state index is 0.134. The molecule has 0 heterocycles. The summed E-state index contributed by atoms with van der Waals surface area (Å²) in [6.07, 6.45) is 3.98. The Morgan fingerprint density at radius 3 is 2.59 bits per heavy atom. The summed E-state index contributed by atoms with van der Waals surface area (Å²) in [7, 11) is 0. The quantitative estimate of drug-likeness (QED) is 0.762. The molecule has 1 atom stereocenters. The molecule has 0 saturated carbocycles. The minimum atomic E-state index is 0.134. The number of rotatable bonds is 3. The number of alkyl halides is 1. The van der Waals surface area contributed by atoms with Crippen LogP contribution >= 0.6 is 27.5 Å². The van der Waals surface area contributed by atoms with Gasteiger partial charge in [0.05, 0.1) is 5.33 Å². The van der Waals surface area contributed by atoms with Gasteiger partial charge in [-0.3, -0.25) is 4.79 Å². The first-order chi connectivity index (χ1) is 8.13. The highest BCUT2D eigenvalue weighted by Gasteiger charge is 2.21. The van der Waals surface area contributed by atoms with Gasteiger partial charge in [-0.1, -0.05) is 57.4 Å². The predicted molar refractivity (Wildman–Crippen MR) is 74.8 cm³/mol. The highest BCUT2D eigenvalue weighted by Crippen LogP contribution is 2.34. The van der Waals surface area contributed by atoms with Crippen molar-refractivity contribution in [2.45, 2.75) is 12.8 Å². The van der Waals surface area contributed by atoms with Gasteiger partial charge in [-0.05, 0) is 24.6 Å². The third kappa shape index (κ3) is 2.53. The number of allylic oxidation sites excluding steroid dienone is 4. The van der Waals surface area contributed by atoms with Crippen LogP contribution in [-0.2, 0) is 4.79 Å². The summed E-state index contributed by atoms with van der Waals surface area (Å²) in [5, 5.41) is 1.10. The van der Waals surface area contributed by atoms with Gasteiger partial charge in [0.2, 0.25) is 0 Å². The fourth-order valence-corrected chi connectivity index (χ4v) is 2.48. The first kappa shape index (κ1) is 12.6. The van der Waals surface area contributed by atoms with Crippen LogP contribution in [0.25, 0.3) is 0 Å². The van der Waals surface area contributed by atoms with Gasteiger partial charge >= 0.3 is 0 Å². The topological polar surface area (TPSA) is 17.1 Å². The van der Waals surface area contributed by atoms with Crippen molar-refractivity contribution in [3.05, 3.63) is 58.1 Å². The van der Waals surface area contributed by atoms with Gasteiger partial charge in [0.1, 0.15) is 0 Å². The molecule has 1 aliphatic rings. The molecular weight excluding hydrogens is 300 g/mol. The van der Waals surface area contributed by atoms with Crippen molar-refractivity contribution >= 4 is 33.3 Å². The van der Waals surface area contributed by atoms with E-state index < -0.39 is 0 Å². The highest BCUT2D eigenvalue weighted by atomic mass is 79.9. The van der Waals surface area contributed by atoms with Crippen LogP contribution in [-0.4, -0.2) is 11.1 Å². The Labute approximate surface area is 114 Å². The van der Waals surface area contributed by atoms with Crippen molar-refractivity contribution in [1.29, 1.82) is 0 Å². The SMILES string of the molecule is CC1=C(C(=O)CBr)C=CC1c1ccc(Cl)cc1. The average Bonchev–Trinajstić information content (AvgIpc) is 2.71. The summed E-state index contributed by atoms with van der Waals surface area (Å²) in [5.41, 5.74) is 3.10. The van der Waals surface area contributed by atoms with Crippen LogP contribution in [0.1, 0.15) is 18.4 Å². The smallest absolute Gasteiger partial charge is 0.173 e. The van der Waals surface area contributed by atoms with Gasteiger partial charge in [0, 0.05) is 16.5 Å². The molecule has 0 amide bonds. The number of carbonyl (C=O) groups is 1. The van der Waals surface area contributed by atoms with E-state index in [0.717, 1.165) is 16.2 Å². The molecule has 1 aromatic carbocycles. The molecule has 0 bridgehead atoms. The Hall–Kier alpha value is -0.860. The Kier molecular flexibility index (Phi) is 3.85. The Morgan fingerprint density at radius 1 is 1.35 bits per heavy atom. The van der Waals surface area contributed by atoms with Crippen LogP contribution in [0.5, 0.6) is 0 Å². The van der Waals surface area contributed by atoms with Crippen molar-refractivity contribution in [2.24, 2.45) is 0 Å². The van der Waals surface area contributed by atoms with Crippen molar-refractivity contribution in [2.75, 3.05) is 5.33 Å². The van der Waals surface area contributed by atoms with Crippen molar-refractivity contribution < 1.29 is 4.79 Å². The molecule has 2 rings (SSSR count). The average molecular weight is 312 g/mol. The molecular formula is C14H12BrClO. The molecule has 0 aliphatic heterocycles. The third-order valence-electron chi connectivity index (χ3n) is 3.00. The predicted octanol–water partition coefficient (Wildman–Crippen LogP) is 4.27. The van der Waals surface area contributed by atoms with E-state index in [1.54, 1.807) is 0 Å². The van der Waals surface area contributed by atoms with Crippen LogP contribution in [0.15, 0.2) is 47.6 Å².